The minimum Gasteiger partial charge on any atom is -0.378 e. The summed E-state index contributed by atoms with van der Waals surface area (Å²) in [7, 11) is 2.20. The minimum atomic E-state index is -0.200. The number of halogens is 1. The molecule has 4 rings (SSSR count). The first-order chi connectivity index (χ1) is 11.7. The molecule has 24 heavy (non-hydrogen) atoms. The molecule has 2 N–H and O–H groups in total. The zero-order valence-electron chi connectivity index (χ0n) is 14.1. The van der Waals surface area contributed by atoms with E-state index in [0.717, 1.165) is 12.1 Å². The summed E-state index contributed by atoms with van der Waals surface area (Å²) in [5, 5.41) is 6.07. The van der Waals surface area contributed by atoms with Crippen LogP contribution in [0.4, 0.5) is 10.1 Å². The Bertz CT molecular complexity index is 814. The quantitative estimate of drug-likeness (QED) is 0.908. The largest absolute Gasteiger partial charge is 0.378 e. The Balaban J connectivity index is 1.53. The SMILES string of the molecule is CN1CCC(c2c[nH]c3c2=CCC(Nc2ccc(F)cc2)C=3)CC1. The summed E-state index contributed by atoms with van der Waals surface area (Å²) in [6, 6.07) is 6.81. The number of nitrogens with one attached hydrogen (secondary N) is 2. The van der Waals surface area contributed by atoms with E-state index in [1.54, 1.807) is 12.1 Å². The fraction of sp³-hybridized carbons (Fsp3) is 0.400. The van der Waals surface area contributed by atoms with Gasteiger partial charge in [-0.25, -0.2) is 4.39 Å². The summed E-state index contributed by atoms with van der Waals surface area (Å²) in [5.74, 6) is 0.474. The summed E-state index contributed by atoms with van der Waals surface area (Å²) in [6.45, 7) is 2.37. The molecule has 1 aliphatic heterocycles. The molecule has 1 aliphatic carbocycles. The summed E-state index contributed by atoms with van der Waals surface area (Å²) >= 11 is 0. The Morgan fingerprint density at radius 2 is 1.92 bits per heavy atom. The number of anilines is 1. The second-order valence-corrected chi connectivity index (χ2v) is 7.01. The van der Waals surface area contributed by atoms with E-state index in [9.17, 15) is 4.39 Å². The lowest BCUT2D eigenvalue weighted by Gasteiger charge is -2.28. The monoisotopic (exact) mass is 325 g/mol. The average Bonchev–Trinajstić information content (AvgIpc) is 3.01. The number of H-pyrrole nitrogens is 1. The molecule has 1 unspecified atom stereocenters. The molecule has 1 atom stereocenters. The van der Waals surface area contributed by atoms with Gasteiger partial charge in [-0.15, -0.1) is 0 Å². The molecule has 0 bridgehead atoms. The number of rotatable bonds is 3. The Labute approximate surface area is 141 Å². The molecule has 2 heterocycles. The van der Waals surface area contributed by atoms with Gasteiger partial charge in [-0.3, -0.25) is 0 Å². The van der Waals surface area contributed by atoms with Gasteiger partial charge < -0.3 is 15.2 Å². The Morgan fingerprint density at radius 3 is 2.67 bits per heavy atom. The maximum absolute atomic E-state index is 13.0. The van der Waals surface area contributed by atoms with Crippen LogP contribution in [0.3, 0.4) is 0 Å². The van der Waals surface area contributed by atoms with Crippen molar-refractivity contribution in [2.75, 3.05) is 25.5 Å². The van der Waals surface area contributed by atoms with E-state index in [2.05, 4.69) is 40.6 Å². The van der Waals surface area contributed by atoms with Crippen molar-refractivity contribution in [1.82, 2.24) is 9.88 Å². The van der Waals surface area contributed by atoms with Crippen LogP contribution in [0.5, 0.6) is 0 Å². The molecule has 1 saturated heterocycles. The van der Waals surface area contributed by atoms with Gasteiger partial charge in [-0.2, -0.15) is 0 Å². The number of hydrogen-bond donors (Lipinski definition) is 2. The van der Waals surface area contributed by atoms with Crippen molar-refractivity contribution >= 4 is 17.8 Å². The molecule has 126 valence electrons. The molecule has 1 aromatic carbocycles. The second kappa shape index (κ2) is 6.44. The normalized spacial score (nSPS) is 21.7. The third kappa shape index (κ3) is 3.11. The molecule has 1 fully saturated rings. The molecule has 3 nitrogen and oxygen atoms in total. The van der Waals surface area contributed by atoms with E-state index in [1.165, 1.54) is 54.2 Å². The van der Waals surface area contributed by atoms with Crippen molar-refractivity contribution in [2.45, 2.75) is 31.2 Å². The van der Waals surface area contributed by atoms with Crippen molar-refractivity contribution < 1.29 is 4.39 Å². The van der Waals surface area contributed by atoms with Gasteiger partial charge in [0.2, 0.25) is 0 Å². The highest BCUT2D eigenvalue weighted by atomic mass is 19.1. The maximum atomic E-state index is 13.0. The number of aromatic amines is 1. The van der Waals surface area contributed by atoms with Gasteiger partial charge >= 0.3 is 0 Å². The van der Waals surface area contributed by atoms with Gasteiger partial charge in [0, 0.05) is 17.2 Å². The lowest BCUT2D eigenvalue weighted by atomic mass is 9.89. The van der Waals surface area contributed by atoms with Crippen LogP contribution in [0.25, 0.3) is 12.2 Å². The van der Waals surface area contributed by atoms with E-state index in [1.807, 2.05) is 0 Å². The second-order valence-electron chi connectivity index (χ2n) is 7.01. The van der Waals surface area contributed by atoms with Crippen molar-refractivity contribution in [3.63, 3.8) is 0 Å². The zero-order chi connectivity index (χ0) is 16.5. The predicted molar refractivity (Wildman–Crippen MR) is 96.9 cm³/mol. The molecule has 2 aliphatic rings. The number of likely N-dealkylation sites (tertiary alicyclic amines) is 1. The Morgan fingerprint density at radius 1 is 1.17 bits per heavy atom. The molecule has 2 aromatic rings. The predicted octanol–water partition coefficient (Wildman–Crippen LogP) is 2.41. The van der Waals surface area contributed by atoms with Crippen LogP contribution < -0.4 is 15.9 Å². The van der Waals surface area contributed by atoms with Crippen LogP contribution in [-0.4, -0.2) is 36.1 Å². The van der Waals surface area contributed by atoms with E-state index in [4.69, 9.17) is 0 Å². The lowest BCUT2D eigenvalue weighted by molar-refractivity contribution is 0.255. The van der Waals surface area contributed by atoms with E-state index in [0.29, 0.717) is 5.92 Å². The molecule has 0 amide bonds. The highest BCUT2D eigenvalue weighted by Crippen LogP contribution is 2.25. The van der Waals surface area contributed by atoms with Crippen LogP contribution in [0.15, 0.2) is 30.5 Å². The number of aromatic nitrogens is 1. The summed E-state index contributed by atoms with van der Waals surface area (Å²) in [6.07, 6.45) is 10.3. The fourth-order valence-electron chi connectivity index (χ4n) is 3.86. The molecule has 4 heteroatoms. The van der Waals surface area contributed by atoms with Gasteiger partial charge in [-0.05, 0) is 86.4 Å². The summed E-state index contributed by atoms with van der Waals surface area (Å²) in [4.78, 5) is 5.87. The van der Waals surface area contributed by atoms with Crippen molar-refractivity contribution in [3.05, 3.63) is 52.4 Å². The zero-order valence-corrected chi connectivity index (χ0v) is 14.1. The lowest BCUT2D eigenvalue weighted by Crippen LogP contribution is -2.36. The molecule has 1 aromatic heterocycles. The first kappa shape index (κ1) is 15.5. The molecule has 0 radical (unpaired) electrons. The first-order valence-corrected chi connectivity index (χ1v) is 8.79. The Hall–Kier alpha value is -2.07. The third-order valence-electron chi connectivity index (χ3n) is 5.28. The average molecular weight is 325 g/mol. The highest BCUT2D eigenvalue weighted by molar-refractivity contribution is 5.53. The third-order valence-corrected chi connectivity index (χ3v) is 5.28. The van der Waals surface area contributed by atoms with E-state index in [-0.39, 0.29) is 11.9 Å². The number of fused-ring (bicyclic) bond motifs is 1. The first-order valence-electron chi connectivity index (χ1n) is 8.79. The van der Waals surface area contributed by atoms with E-state index < -0.39 is 0 Å². The van der Waals surface area contributed by atoms with Crippen LogP contribution in [0.2, 0.25) is 0 Å². The van der Waals surface area contributed by atoms with Gasteiger partial charge in [0.15, 0.2) is 0 Å². The van der Waals surface area contributed by atoms with E-state index >= 15 is 0 Å². The number of hydrogen-bond acceptors (Lipinski definition) is 2. The number of nitrogens with zero attached hydrogens (tertiary/aromatic N) is 1. The van der Waals surface area contributed by atoms with Gasteiger partial charge in [0.25, 0.3) is 0 Å². The minimum absolute atomic E-state index is 0.200. The highest BCUT2D eigenvalue weighted by Gasteiger charge is 2.21. The molecular weight excluding hydrogens is 301 g/mol. The molecule has 0 spiro atoms. The van der Waals surface area contributed by atoms with Crippen LogP contribution in [-0.2, 0) is 0 Å². The van der Waals surface area contributed by atoms with Crippen molar-refractivity contribution in [1.29, 1.82) is 0 Å². The smallest absolute Gasteiger partial charge is 0.123 e. The van der Waals surface area contributed by atoms with Gasteiger partial charge in [0.1, 0.15) is 5.82 Å². The maximum Gasteiger partial charge on any atom is 0.123 e. The van der Waals surface area contributed by atoms with Crippen LogP contribution >= 0.6 is 0 Å². The standard InChI is InChI=1S/C20H24FN3/c1-24-10-8-14(9-11-24)19-13-22-20-12-17(6-7-18(19)20)23-16-4-2-15(21)3-5-16/h2-5,7,12-14,17,22-23H,6,8-11H2,1H3. The van der Waals surface area contributed by atoms with Crippen LogP contribution in [0, 0.1) is 5.82 Å². The topological polar surface area (TPSA) is 31.1 Å². The van der Waals surface area contributed by atoms with Crippen molar-refractivity contribution in [3.8, 4) is 0 Å². The summed E-state index contributed by atoms with van der Waals surface area (Å²) in [5.41, 5.74) is 2.44. The van der Waals surface area contributed by atoms with Crippen molar-refractivity contribution in [2.24, 2.45) is 0 Å². The van der Waals surface area contributed by atoms with Gasteiger partial charge in [0.05, 0.1) is 6.04 Å². The van der Waals surface area contributed by atoms with Gasteiger partial charge in [-0.1, -0.05) is 6.08 Å². The molecule has 0 saturated carbocycles. The number of piperidine rings is 1. The Kier molecular flexibility index (Phi) is 4.15. The molecular formula is C20H24FN3. The number of benzene rings is 1. The van der Waals surface area contributed by atoms with Crippen LogP contribution in [0.1, 0.15) is 30.7 Å². The summed E-state index contributed by atoms with van der Waals surface area (Å²) < 4.78 is 13.0. The fourth-order valence-corrected chi connectivity index (χ4v) is 3.86.